The van der Waals surface area contributed by atoms with Gasteiger partial charge in [-0.25, -0.2) is 0 Å². The molecular formula is C29H21IO4S. The van der Waals surface area contributed by atoms with E-state index in [0.717, 1.165) is 32.7 Å². The molecule has 0 unspecified atom stereocenters. The molecule has 0 saturated carbocycles. The van der Waals surface area contributed by atoms with Crippen LogP contribution in [0.2, 0.25) is 0 Å². The maximum atomic E-state index is 11.5. The van der Waals surface area contributed by atoms with Gasteiger partial charge in [0.1, 0.15) is 10.6 Å². The normalized spacial score (nSPS) is 11.5. The Labute approximate surface area is 217 Å². The van der Waals surface area contributed by atoms with Crippen LogP contribution in [0.4, 0.5) is 0 Å². The molecular weight excluding hydrogens is 571 g/mol. The Morgan fingerprint density at radius 3 is 1.91 bits per heavy atom. The van der Waals surface area contributed by atoms with Gasteiger partial charge in [-0.1, -0.05) is 78.9 Å². The van der Waals surface area contributed by atoms with Crippen molar-refractivity contribution in [2.75, 3.05) is 7.11 Å². The van der Waals surface area contributed by atoms with Crippen LogP contribution < -0.4 is 4.74 Å². The quantitative estimate of drug-likeness (QED) is 0.129. The lowest BCUT2D eigenvalue weighted by Crippen LogP contribution is -1.99. The van der Waals surface area contributed by atoms with Gasteiger partial charge >= 0.3 is 0 Å². The Morgan fingerprint density at radius 2 is 1.29 bits per heavy atom. The lowest BCUT2D eigenvalue weighted by molar-refractivity contribution is 0.415. The number of hydrogen-bond donors (Lipinski definition) is 1. The predicted octanol–water partition coefficient (Wildman–Crippen LogP) is 7.80. The molecule has 0 fully saturated rings. The number of hydrogen-bond acceptors (Lipinski definition) is 3. The molecule has 0 saturated heterocycles. The molecule has 0 aliphatic rings. The molecule has 174 valence electrons. The number of benzene rings is 6. The SMILES string of the molecule is COc1ccc(-c2ccccc2I)cc1.O=S(=O)(O)c1ccc2ccc3cccc4ccc1c2c34. The number of methoxy groups -OCH3 is 1. The highest BCUT2D eigenvalue weighted by atomic mass is 127. The standard InChI is InChI=1S/C16H10O3S.C13H11IO/c17-20(18,19)14-9-7-12-5-4-10-2-1-3-11-6-8-13(14)16(12)15(10)11;1-15-11-8-6-10(7-9-11)12-4-2-3-5-13(12)14/h1-9H,(H,17,18,19);2-9H,1H3. The number of rotatable bonds is 3. The van der Waals surface area contributed by atoms with Gasteiger partial charge < -0.3 is 4.74 Å². The van der Waals surface area contributed by atoms with Crippen molar-refractivity contribution in [1.29, 1.82) is 0 Å². The number of ether oxygens (including phenoxy) is 1. The molecule has 0 aliphatic heterocycles. The maximum Gasteiger partial charge on any atom is 0.295 e. The smallest absolute Gasteiger partial charge is 0.295 e. The number of halogens is 1. The van der Waals surface area contributed by atoms with Gasteiger partial charge in [-0.05, 0) is 84.9 Å². The zero-order valence-electron chi connectivity index (χ0n) is 18.8. The topological polar surface area (TPSA) is 63.6 Å². The Hall–Kier alpha value is -3.20. The summed E-state index contributed by atoms with van der Waals surface area (Å²) in [5.74, 6) is 0.893. The zero-order valence-corrected chi connectivity index (χ0v) is 21.7. The third-order valence-corrected chi connectivity index (χ3v) is 7.89. The summed E-state index contributed by atoms with van der Waals surface area (Å²) in [6.07, 6.45) is 0. The lowest BCUT2D eigenvalue weighted by atomic mass is 9.94. The summed E-state index contributed by atoms with van der Waals surface area (Å²) in [6, 6.07) is 33.3. The second-order valence-electron chi connectivity index (χ2n) is 8.10. The van der Waals surface area contributed by atoms with E-state index in [1.807, 2.05) is 48.5 Å². The molecule has 0 aromatic heterocycles. The monoisotopic (exact) mass is 592 g/mol. The van der Waals surface area contributed by atoms with Crippen LogP contribution in [0.5, 0.6) is 5.75 Å². The van der Waals surface area contributed by atoms with Crippen LogP contribution in [0, 0.1) is 3.57 Å². The summed E-state index contributed by atoms with van der Waals surface area (Å²) in [7, 11) is -2.55. The first-order valence-corrected chi connectivity index (χ1v) is 13.4. The van der Waals surface area contributed by atoms with E-state index in [0.29, 0.717) is 5.39 Å². The molecule has 0 amide bonds. The second kappa shape index (κ2) is 9.45. The van der Waals surface area contributed by atoms with Crippen molar-refractivity contribution in [3.05, 3.63) is 107 Å². The van der Waals surface area contributed by atoms with Crippen LogP contribution >= 0.6 is 22.6 Å². The minimum atomic E-state index is -4.23. The van der Waals surface area contributed by atoms with Gasteiger partial charge in [-0.3, -0.25) is 4.55 Å². The van der Waals surface area contributed by atoms with E-state index in [1.165, 1.54) is 20.8 Å². The minimum Gasteiger partial charge on any atom is -0.497 e. The fourth-order valence-corrected chi connectivity index (χ4v) is 5.79. The third kappa shape index (κ3) is 4.57. The highest BCUT2D eigenvalue weighted by Crippen LogP contribution is 2.37. The summed E-state index contributed by atoms with van der Waals surface area (Å²) in [4.78, 5) is -0.0387. The molecule has 0 bridgehead atoms. The first-order valence-electron chi connectivity index (χ1n) is 10.9. The molecule has 4 nitrogen and oxygen atoms in total. The van der Waals surface area contributed by atoms with Crippen molar-refractivity contribution in [1.82, 2.24) is 0 Å². The van der Waals surface area contributed by atoms with Crippen LogP contribution in [0.15, 0.2) is 108 Å². The molecule has 6 aromatic rings. The van der Waals surface area contributed by atoms with Crippen LogP contribution in [-0.2, 0) is 10.1 Å². The lowest BCUT2D eigenvalue weighted by Gasteiger charge is -2.12. The van der Waals surface area contributed by atoms with E-state index in [2.05, 4.69) is 59.0 Å². The molecule has 0 atom stereocenters. The van der Waals surface area contributed by atoms with Crippen LogP contribution in [0.1, 0.15) is 0 Å². The van der Waals surface area contributed by atoms with Crippen molar-refractivity contribution in [2.45, 2.75) is 4.90 Å². The van der Waals surface area contributed by atoms with E-state index in [9.17, 15) is 13.0 Å². The third-order valence-electron chi connectivity index (χ3n) is 6.04. The van der Waals surface area contributed by atoms with Crippen LogP contribution in [-0.4, -0.2) is 20.1 Å². The molecule has 1 N–H and O–H groups in total. The summed E-state index contributed by atoms with van der Waals surface area (Å²) >= 11 is 2.35. The molecule has 6 rings (SSSR count). The first kappa shape index (κ1) is 23.5. The van der Waals surface area contributed by atoms with Gasteiger partial charge in [-0.15, -0.1) is 0 Å². The molecule has 6 heteroatoms. The Morgan fingerprint density at radius 1 is 0.686 bits per heavy atom. The van der Waals surface area contributed by atoms with Crippen molar-refractivity contribution < 1.29 is 17.7 Å². The van der Waals surface area contributed by atoms with E-state index < -0.39 is 10.1 Å². The zero-order chi connectivity index (χ0) is 24.6. The highest BCUT2D eigenvalue weighted by molar-refractivity contribution is 14.1. The van der Waals surface area contributed by atoms with Gasteiger partial charge in [0.15, 0.2) is 0 Å². The van der Waals surface area contributed by atoms with Gasteiger partial charge in [0, 0.05) is 8.96 Å². The van der Waals surface area contributed by atoms with Crippen molar-refractivity contribution >= 4 is 65.0 Å². The van der Waals surface area contributed by atoms with Crippen molar-refractivity contribution in [3.63, 3.8) is 0 Å². The summed E-state index contributed by atoms with van der Waals surface area (Å²) in [6.45, 7) is 0. The summed E-state index contributed by atoms with van der Waals surface area (Å²) in [5, 5.41) is 5.58. The van der Waals surface area contributed by atoms with E-state index in [4.69, 9.17) is 4.74 Å². The van der Waals surface area contributed by atoms with Gasteiger partial charge in [0.05, 0.1) is 7.11 Å². The van der Waals surface area contributed by atoms with Gasteiger partial charge in [0.2, 0.25) is 0 Å². The molecule has 0 heterocycles. The van der Waals surface area contributed by atoms with E-state index in [-0.39, 0.29) is 4.90 Å². The van der Waals surface area contributed by atoms with Crippen LogP contribution in [0.25, 0.3) is 43.4 Å². The fourth-order valence-electron chi connectivity index (χ4n) is 4.40. The molecule has 0 radical (unpaired) electrons. The summed E-state index contributed by atoms with van der Waals surface area (Å²) < 4.78 is 38.9. The Balaban J connectivity index is 0.000000152. The maximum absolute atomic E-state index is 11.5. The predicted molar refractivity (Wildman–Crippen MR) is 151 cm³/mol. The largest absolute Gasteiger partial charge is 0.497 e. The average molecular weight is 592 g/mol. The molecule has 35 heavy (non-hydrogen) atoms. The Kier molecular flexibility index (Phi) is 6.35. The highest BCUT2D eigenvalue weighted by Gasteiger charge is 2.17. The van der Waals surface area contributed by atoms with Gasteiger partial charge in [-0.2, -0.15) is 8.42 Å². The molecule has 6 aromatic carbocycles. The van der Waals surface area contributed by atoms with E-state index >= 15 is 0 Å². The Bertz CT molecular complexity index is 1740. The van der Waals surface area contributed by atoms with Gasteiger partial charge in [0.25, 0.3) is 10.1 Å². The summed E-state index contributed by atoms with van der Waals surface area (Å²) in [5.41, 5.74) is 2.49. The minimum absolute atomic E-state index is 0.0387. The van der Waals surface area contributed by atoms with Crippen molar-refractivity contribution in [2.24, 2.45) is 0 Å². The average Bonchev–Trinajstić information content (AvgIpc) is 2.87. The van der Waals surface area contributed by atoms with Crippen molar-refractivity contribution in [3.8, 4) is 16.9 Å². The van der Waals surface area contributed by atoms with Crippen LogP contribution in [0.3, 0.4) is 0 Å². The van der Waals surface area contributed by atoms with E-state index in [1.54, 1.807) is 19.2 Å². The second-order valence-corrected chi connectivity index (χ2v) is 10.7. The molecule has 0 aliphatic carbocycles. The fraction of sp³-hybridized carbons (Fsp3) is 0.0345. The first-order chi connectivity index (χ1) is 16.9. The molecule has 0 spiro atoms.